The molecule has 0 aliphatic heterocycles. The Kier molecular flexibility index (Phi) is 4.27. The van der Waals surface area contributed by atoms with Crippen molar-refractivity contribution in [2.45, 2.75) is 19.8 Å². The molecule has 2 aromatic carbocycles. The first-order chi connectivity index (χ1) is 11.9. The largest absolute Gasteiger partial charge is 0.360 e. The van der Waals surface area contributed by atoms with Gasteiger partial charge in [0.1, 0.15) is 0 Å². The van der Waals surface area contributed by atoms with Crippen molar-refractivity contribution >= 4 is 28.2 Å². The number of nitrogens with zero attached hydrogens (tertiary/aromatic N) is 2. The summed E-state index contributed by atoms with van der Waals surface area (Å²) in [5, 5.41) is 11.6. The first-order valence-electron chi connectivity index (χ1n) is 8.02. The zero-order chi connectivity index (χ0) is 18.1. The van der Waals surface area contributed by atoms with Gasteiger partial charge in [0.05, 0.1) is 10.5 Å². The maximum atomic E-state index is 12.9. The van der Waals surface area contributed by atoms with Crippen LogP contribution < -0.4 is 4.90 Å². The lowest BCUT2D eigenvalue weighted by Crippen LogP contribution is -2.26. The lowest BCUT2D eigenvalue weighted by Gasteiger charge is -2.18. The fourth-order valence-electron chi connectivity index (χ4n) is 2.79. The number of aromatic amines is 1. The maximum absolute atomic E-state index is 12.9. The van der Waals surface area contributed by atoms with Gasteiger partial charge in [-0.05, 0) is 29.7 Å². The monoisotopic (exact) mass is 337 g/mol. The van der Waals surface area contributed by atoms with Crippen LogP contribution in [0.15, 0.2) is 48.7 Å². The second kappa shape index (κ2) is 6.39. The lowest BCUT2D eigenvalue weighted by molar-refractivity contribution is -0.384. The molecular formula is C19H19N3O3. The van der Waals surface area contributed by atoms with Crippen LogP contribution in [0.1, 0.15) is 35.7 Å². The molecule has 25 heavy (non-hydrogen) atoms. The molecule has 0 atom stereocenters. The van der Waals surface area contributed by atoms with Crippen LogP contribution in [-0.2, 0) is 0 Å². The summed E-state index contributed by atoms with van der Waals surface area (Å²) in [7, 11) is 1.71. The molecule has 1 aromatic heterocycles. The fraction of sp³-hybridized carbons (Fsp3) is 0.211. The third-order valence-corrected chi connectivity index (χ3v) is 4.34. The Labute approximate surface area is 145 Å². The fourth-order valence-corrected chi connectivity index (χ4v) is 2.79. The highest BCUT2D eigenvalue weighted by molar-refractivity contribution is 6.14. The van der Waals surface area contributed by atoms with Crippen LogP contribution in [0.3, 0.4) is 0 Å². The number of nitro groups is 1. The van der Waals surface area contributed by atoms with Crippen molar-refractivity contribution < 1.29 is 9.72 Å². The number of rotatable bonds is 4. The van der Waals surface area contributed by atoms with Gasteiger partial charge < -0.3 is 9.88 Å². The Morgan fingerprint density at radius 3 is 2.64 bits per heavy atom. The molecule has 0 saturated heterocycles. The van der Waals surface area contributed by atoms with E-state index in [-0.39, 0.29) is 11.6 Å². The number of amides is 1. The van der Waals surface area contributed by atoms with E-state index in [2.05, 4.69) is 18.8 Å². The molecule has 0 fully saturated rings. The van der Waals surface area contributed by atoms with Crippen LogP contribution >= 0.6 is 0 Å². The highest BCUT2D eigenvalue weighted by atomic mass is 16.6. The number of benzene rings is 2. The number of aromatic nitrogens is 1. The second-order valence-corrected chi connectivity index (χ2v) is 6.30. The van der Waals surface area contributed by atoms with Gasteiger partial charge in [0.2, 0.25) is 0 Å². The van der Waals surface area contributed by atoms with Crippen molar-refractivity contribution in [1.29, 1.82) is 0 Å². The van der Waals surface area contributed by atoms with Crippen LogP contribution in [0.2, 0.25) is 0 Å². The highest BCUT2D eigenvalue weighted by Gasteiger charge is 2.20. The normalized spacial score (nSPS) is 11.0. The van der Waals surface area contributed by atoms with Crippen LogP contribution in [0.5, 0.6) is 0 Å². The highest BCUT2D eigenvalue weighted by Crippen LogP contribution is 2.27. The molecule has 0 aliphatic carbocycles. The Hall–Kier alpha value is -3.15. The van der Waals surface area contributed by atoms with Crippen molar-refractivity contribution in [3.8, 4) is 0 Å². The van der Waals surface area contributed by atoms with E-state index in [1.807, 2.05) is 24.3 Å². The number of carbonyl (C=O) groups excluding carboxylic acids is 1. The van der Waals surface area contributed by atoms with E-state index in [0.29, 0.717) is 22.4 Å². The van der Waals surface area contributed by atoms with E-state index < -0.39 is 4.92 Å². The zero-order valence-electron chi connectivity index (χ0n) is 14.3. The van der Waals surface area contributed by atoms with Crippen LogP contribution in [0.25, 0.3) is 10.9 Å². The Bertz CT molecular complexity index is 959. The summed E-state index contributed by atoms with van der Waals surface area (Å²) < 4.78 is 0. The molecule has 6 nitrogen and oxygen atoms in total. The number of nitrogens with one attached hydrogen (secondary N) is 1. The number of fused-ring (bicyclic) bond motifs is 1. The molecule has 0 spiro atoms. The van der Waals surface area contributed by atoms with Crippen molar-refractivity contribution in [3.05, 3.63) is 69.9 Å². The van der Waals surface area contributed by atoms with E-state index in [1.54, 1.807) is 24.2 Å². The minimum absolute atomic E-state index is 0.0365. The van der Waals surface area contributed by atoms with Crippen LogP contribution in [0.4, 0.5) is 11.4 Å². The van der Waals surface area contributed by atoms with E-state index in [0.717, 1.165) is 11.3 Å². The molecule has 3 rings (SSSR count). The Balaban J connectivity index is 2.00. The van der Waals surface area contributed by atoms with E-state index in [9.17, 15) is 14.9 Å². The Morgan fingerprint density at radius 2 is 1.96 bits per heavy atom. The molecule has 0 unspecified atom stereocenters. The van der Waals surface area contributed by atoms with Gasteiger partial charge in [0.25, 0.3) is 11.6 Å². The second-order valence-electron chi connectivity index (χ2n) is 6.30. The topological polar surface area (TPSA) is 79.2 Å². The number of hydrogen-bond acceptors (Lipinski definition) is 3. The van der Waals surface area contributed by atoms with Crippen LogP contribution in [0, 0.1) is 10.1 Å². The van der Waals surface area contributed by atoms with Gasteiger partial charge in [-0.1, -0.05) is 26.0 Å². The maximum Gasteiger partial charge on any atom is 0.270 e. The van der Waals surface area contributed by atoms with E-state index in [4.69, 9.17) is 0 Å². The molecule has 6 heteroatoms. The minimum Gasteiger partial charge on any atom is -0.360 e. The predicted octanol–water partition coefficient (Wildman–Crippen LogP) is 4.48. The molecule has 3 aromatic rings. The average molecular weight is 337 g/mol. The van der Waals surface area contributed by atoms with Gasteiger partial charge in [0.15, 0.2) is 0 Å². The summed E-state index contributed by atoms with van der Waals surface area (Å²) in [6.45, 7) is 4.19. The summed E-state index contributed by atoms with van der Waals surface area (Å²) in [4.78, 5) is 28.0. The molecule has 1 N–H and O–H groups in total. The minimum atomic E-state index is -0.462. The molecule has 1 heterocycles. The van der Waals surface area contributed by atoms with Gasteiger partial charge in [-0.15, -0.1) is 0 Å². The first kappa shape index (κ1) is 16.7. The SMILES string of the molecule is CC(C)c1cccc(N(C)C(=O)c2c[nH]c3ccc([N+](=O)[O-])cc23)c1. The number of nitro benzene ring substituents is 1. The van der Waals surface area contributed by atoms with Gasteiger partial charge in [-0.3, -0.25) is 14.9 Å². The van der Waals surface area contributed by atoms with Crippen molar-refractivity contribution in [1.82, 2.24) is 4.98 Å². The van der Waals surface area contributed by atoms with Gasteiger partial charge >= 0.3 is 0 Å². The molecular weight excluding hydrogens is 318 g/mol. The van der Waals surface area contributed by atoms with Gasteiger partial charge in [-0.25, -0.2) is 0 Å². The van der Waals surface area contributed by atoms with Crippen molar-refractivity contribution in [2.75, 3.05) is 11.9 Å². The number of H-pyrrole nitrogens is 1. The summed E-state index contributed by atoms with van der Waals surface area (Å²) in [5.41, 5.74) is 3.00. The number of anilines is 1. The molecule has 0 saturated carbocycles. The smallest absolute Gasteiger partial charge is 0.270 e. The summed E-state index contributed by atoms with van der Waals surface area (Å²) in [5.74, 6) is 0.145. The Morgan fingerprint density at radius 1 is 1.20 bits per heavy atom. The van der Waals surface area contributed by atoms with E-state index >= 15 is 0 Å². The van der Waals surface area contributed by atoms with Crippen molar-refractivity contribution in [3.63, 3.8) is 0 Å². The van der Waals surface area contributed by atoms with Crippen molar-refractivity contribution in [2.24, 2.45) is 0 Å². The third kappa shape index (κ3) is 3.10. The summed E-state index contributed by atoms with van der Waals surface area (Å²) in [6, 6.07) is 12.3. The summed E-state index contributed by atoms with van der Waals surface area (Å²) >= 11 is 0. The predicted molar refractivity (Wildman–Crippen MR) is 98.2 cm³/mol. The van der Waals surface area contributed by atoms with Gasteiger partial charge in [0, 0.05) is 42.0 Å². The molecule has 0 bridgehead atoms. The lowest BCUT2D eigenvalue weighted by atomic mass is 10.0. The molecule has 0 radical (unpaired) electrons. The molecule has 128 valence electrons. The number of non-ortho nitro benzene ring substituents is 1. The third-order valence-electron chi connectivity index (χ3n) is 4.34. The quantitative estimate of drug-likeness (QED) is 0.563. The number of hydrogen-bond donors (Lipinski definition) is 1. The standard InChI is InChI=1S/C19H19N3O3/c1-12(2)13-5-4-6-14(9-13)21(3)19(23)17-11-20-18-8-7-15(22(24)25)10-16(17)18/h4-12,20H,1-3H3. The average Bonchev–Trinajstić information content (AvgIpc) is 3.03. The van der Waals surface area contributed by atoms with Gasteiger partial charge in [-0.2, -0.15) is 0 Å². The number of carbonyl (C=O) groups is 1. The first-order valence-corrected chi connectivity index (χ1v) is 8.02. The zero-order valence-corrected chi connectivity index (χ0v) is 14.3. The molecule has 0 aliphatic rings. The molecule has 1 amide bonds. The van der Waals surface area contributed by atoms with Crippen LogP contribution in [-0.4, -0.2) is 22.9 Å². The summed E-state index contributed by atoms with van der Waals surface area (Å²) in [6.07, 6.45) is 1.60. The van der Waals surface area contributed by atoms with E-state index in [1.165, 1.54) is 12.1 Å².